The average molecular weight is 321 g/mol. The first-order chi connectivity index (χ1) is 6.76. The van der Waals surface area contributed by atoms with Gasteiger partial charge in [-0.1, -0.05) is 0 Å². The van der Waals surface area contributed by atoms with Crippen LogP contribution in [0.15, 0.2) is 42.5 Å². The predicted octanol–water partition coefficient (Wildman–Crippen LogP) is 4.08. The van der Waals surface area contributed by atoms with Crippen molar-refractivity contribution in [2.75, 3.05) is 0 Å². The Hall–Kier alpha value is 0.593. The minimum atomic E-state index is -2.34. The van der Waals surface area contributed by atoms with E-state index in [4.69, 9.17) is 17.0 Å². The van der Waals surface area contributed by atoms with Gasteiger partial charge in [0.25, 0.3) is 0 Å². The van der Waals surface area contributed by atoms with E-state index in [9.17, 15) is 0 Å². The van der Waals surface area contributed by atoms with Gasteiger partial charge in [-0.3, -0.25) is 0 Å². The molecule has 71 valence electrons. The van der Waals surface area contributed by atoms with Crippen molar-refractivity contribution < 1.29 is 19.4 Å². The summed E-state index contributed by atoms with van der Waals surface area (Å²) in [7, 11) is 13.7. The van der Waals surface area contributed by atoms with Crippen molar-refractivity contribution in [1.29, 1.82) is 0 Å². The molecule has 14 heavy (non-hydrogen) atoms. The Morgan fingerprint density at radius 1 is 1.14 bits per heavy atom. The molecule has 1 heterocycles. The molecule has 0 aromatic heterocycles. The standard InChI is InChI=1S/C10H8P.2ClH.Zr/c1-2-5-9(6-3-1)10-7-4-8-11-10;;;/h1-8H;2*1H;/q;;;+2/p-2. The van der Waals surface area contributed by atoms with Gasteiger partial charge in [0.05, 0.1) is 0 Å². The number of allylic oxidation sites excluding steroid dienone is 2. The Morgan fingerprint density at radius 3 is 2.36 bits per heavy atom. The van der Waals surface area contributed by atoms with Crippen LogP contribution in [0.1, 0.15) is 5.56 Å². The van der Waals surface area contributed by atoms with Crippen LogP contribution in [-0.2, 0) is 22.2 Å². The maximum absolute atomic E-state index is 6.26. The molecule has 0 nitrogen and oxygen atoms in total. The molecule has 0 N–H and O–H groups in total. The molecule has 4 heteroatoms. The fourth-order valence-corrected chi connectivity index (χ4v) is 8.97. The molecule has 0 fully saturated rings. The van der Waals surface area contributed by atoms with E-state index in [2.05, 4.69) is 30.1 Å². The summed E-state index contributed by atoms with van der Waals surface area (Å²) in [5, 5.41) is 0. The number of rotatable bonds is 2. The van der Waals surface area contributed by atoms with Crippen LogP contribution in [0, 0.1) is 0 Å². The molecule has 2 rings (SSSR count). The molecule has 0 aliphatic carbocycles. The molecular weight excluding hydrogens is 313 g/mol. The molecule has 0 saturated heterocycles. The SMILES string of the molecule is [Cl][Zr]([Cl])[C]1(c2ccccc2)C=CC=P1. The Bertz CT molecular complexity index is 361. The summed E-state index contributed by atoms with van der Waals surface area (Å²) >= 11 is -2.34. The van der Waals surface area contributed by atoms with Crippen LogP contribution in [0.25, 0.3) is 0 Å². The van der Waals surface area contributed by atoms with Gasteiger partial charge in [0.2, 0.25) is 0 Å². The van der Waals surface area contributed by atoms with Crippen molar-refractivity contribution >= 4 is 31.0 Å². The molecule has 1 aromatic rings. The van der Waals surface area contributed by atoms with Crippen molar-refractivity contribution in [3.8, 4) is 0 Å². The van der Waals surface area contributed by atoms with Crippen molar-refractivity contribution in [3.05, 3.63) is 48.0 Å². The van der Waals surface area contributed by atoms with Gasteiger partial charge in [-0.25, -0.2) is 0 Å². The van der Waals surface area contributed by atoms with Gasteiger partial charge in [-0.2, -0.15) is 0 Å². The number of halogens is 2. The number of hydrogen-bond donors (Lipinski definition) is 0. The van der Waals surface area contributed by atoms with Crippen molar-refractivity contribution in [1.82, 2.24) is 0 Å². The van der Waals surface area contributed by atoms with E-state index < -0.39 is 19.4 Å². The monoisotopic (exact) mass is 319 g/mol. The van der Waals surface area contributed by atoms with E-state index >= 15 is 0 Å². The van der Waals surface area contributed by atoms with Crippen LogP contribution in [0.4, 0.5) is 0 Å². The molecule has 0 saturated carbocycles. The molecule has 1 aliphatic heterocycles. The first-order valence-electron chi connectivity index (χ1n) is 4.23. The number of benzene rings is 1. The zero-order valence-corrected chi connectivity index (χ0v) is 12.2. The Labute approximate surface area is 101 Å². The topological polar surface area (TPSA) is 0 Å². The van der Waals surface area contributed by atoms with Crippen LogP contribution < -0.4 is 0 Å². The molecule has 0 bridgehead atoms. The Kier molecular flexibility index (Phi) is 3.66. The second-order valence-corrected chi connectivity index (χ2v) is 14.2. The average Bonchev–Trinajstić information content (AvgIpc) is 2.69. The van der Waals surface area contributed by atoms with E-state index in [1.54, 1.807) is 0 Å². The van der Waals surface area contributed by atoms with Gasteiger partial charge in [-0.05, 0) is 0 Å². The van der Waals surface area contributed by atoms with Gasteiger partial charge in [0, 0.05) is 0 Å². The van der Waals surface area contributed by atoms with Crippen LogP contribution in [0.3, 0.4) is 0 Å². The van der Waals surface area contributed by atoms with Crippen molar-refractivity contribution in [3.63, 3.8) is 0 Å². The molecule has 0 radical (unpaired) electrons. The van der Waals surface area contributed by atoms with E-state index in [0.29, 0.717) is 0 Å². The first-order valence-corrected chi connectivity index (χ1v) is 12.7. The second-order valence-electron chi connectivity index (χ2n) is 3.03. The van der Waals surface area contributed by atoms with Gasteiger partial charge < -0.3 is 0 Å². The van der Waals surface area contributed by atoms with Crippen LogP contribution >= 0.6 is 25.2 Å². The summed E-state index contributed by atoms with van der Waals surface area (Å²) in [6.45, 7) is 0. The molecule has 1 aliphatic rings. The Balaban J connectivity index is 2.48. The summed E-state index contributed by atoms with van der Waals surface area (Å²) in [6.07, 6.45) is 4.23. The van der Waals surface area contributed by atoms with Gasteiger partial charge >= 0.3 is 101 Å². The third-order valence-corrected chi connectivity index (χ3v) is 13.2. The molecule has 1 aromatic carbocycles. The first kappa shape index (κ1) is 11.1. The molecule has 1 unspecified atom stereocenters. The van der Waals surface area contributed by atoms with E-state index in [-0.39, 0.29) is 2.86 Å². The third kappa shape index (κ3) is 1.93. The molecule has 0 spiro atoms. The second kappa shape index (κ2) is 4.62. The summed E-state index contributed by atoms with van der Waals surface area (Å²) < 4.78 is -0.0490. The maximum atomic E-state index is 6.26. The van der Waals surface area contributed by atoms with Gasteiger partial charge in [0.1, 0.15) is 0 Å². The summed E-state index contributed by atoms with van der Waals surface area (Å²) in [5.74, 6) is 2.12. The number of hydrogen-bond acceptors (Lipinski definition) is 0. The van der Waals surface area contributed by atoms with Crippen LogP contribution in [-0.4, -0.2) is 5.80 Å². The normalized spacial score (nSPS) is 25.3. The van der Waals surface area contributed by atoms with E-state index in [0.717, 1.165) is 0 Å². The summed E-state index contributed by atoms with van der Waals surface area (Å²) in [6, 6.07) is 10.3. The molecule has 0 amide bonds. The van der Waals surface area contributed by atoms with Crippen LogP contribution in [0.5, 0.6) is 0 Å². The summed E-state index contributed by atoms with van der Waals surface area (Å²) in [4.78, 5) is 0. The zero-order chi connectivity index (χ0) is 10.0. The fraction of sp³-hybridized carbons (Fsp3) is 0.100. The van der Waals surface area contributed by atoms with Crippen LogP contribution in [0.2, 0.25) is 0 Å². The van der Waals surface area contributed by atoms with Gasteiger partial charge in [-0.15, -0.1) is 0 Å². The predicted molar refractivity (Wildman–Crippen MR) is 62.0 cm³/mol. The summed E-state index contributed by atoms with van der Waals surface area (Å²) in [5.41, 5.74) is 1.26. The van der Waals surface area contributed by atoms with E-state index in [1.165, 1.54) is 13.8 Å². The third-order valence-electron chi connectivity index (χ3n) is 2.20. The van der Waals surface area contributed by atoms with Crippen molar-refractivity contribution in [2.45, 2.75) is 2.86 Å². The fourth-order valence-electron chi connectivity index (χ4n) is 1.47. The molecular formula is C10H8Cl2PZr. The Morgan fingerprint density at radius 2 is 1.86 bits per heavy atom. The zero-order valence-electron chi connectivity index (χ0n) is 7.32. The van der Waals surface area contributed by atoms with E-state index in [1.807, 2.05) is 18.2 Å². The molecule has 1 atom stereocenters. The minimum absolute atomic E-state index is 0.0490. The quantitative estimate of drug-likeness (QED) is 0.720. The van der Waals surface area contributed by atoms with Crippen molar-refractivity contribution in [2.24, 2.45) is 0 Å². The van der Waals surface area contributed by atoms with Gasteiger partial charge in [0.15, 0.2) is 0 Å².